The van der Waals surface area contributed by atoms with E-state index in [-0.39, 0.29) is 11.9 Å². The van der Waals surface area contributed by atoms with Crippen molar-refractivity contribution in [3.8, 4) is 0 Å². The molecular formula is C11H12FN3S. The number of thiophene rings is 1. The molecule has 0 aliphatic heterocycles. The number of nitrogens with one attached hydrogen (secondary N) is 1. The second-order valence-electron chi connectivity index (χ2n) is 3.49. The third-order valence-corrected chi connectivity index (χ3v) is 3.08. The SMILES string of the molecule is NNC(Cc1ccsc1)c1cncc(F)c1. The van der Waals surface area contributed by atoms with Crippen LogP contribution in [-0.4, -0.2) is 4.98 Å². The van der Waals surface area contributed by atoms with Crippen LogP contribution in [0.3, 0.4) is 0 Å². The van der Waals surface area contributed by atoms with Gasteiger partial charge in [0.2, 0.25) is 0 Å². The molecule has 0 radical (unpaired) electrons. The van der Waals surface area contributed by atoms with Crippen molar-refractivity contribution in [2.45, 2.75) is 12.5 Å². The first-order chi connectivity index (χ1) is 7.79. The lowest BCUT2D eigenvalue weighted by atomic mass is 10.0. The standard InChI is InChI=1S/C11H12FN3S/c12-10-4-9(5-14-6-10)11(15-13)3-8-1-2-16-7-8/h1-2,4-7,11,15H,3,13H2. The van der Waals surface area contributed by atoms with Gasteiger partial charge < -0.3 is 0 Å². The average Bonchev–Trinajstić information content (AvgIpc) is 2.78. The van der Waals surface area contributed by atoms with Gasteiger partial charge in [0.05, 0.1) is 12.2 Å². The minimum absolute atomic E-state index is 0.113. The molecule has 0 aliphatic rings. The summed E-state index contributed by atoms with van der Waals surface area (Å²) in [6, 6.07) is 3.36. The molecule has 0 aliphatic carbocycles. The second kappa shape index (κ2) is 5.16. The van der Waals surface area contributed by atoms with Gasteiger partial charge in [0, 0.05) is 6.20 Å². The molecule has 0 spiro atoms. The lowest BCUT2D eigenvalue weighted by molar-refractivity contribution is 0.541. The molecule has 2 heterocycles. The molecule has 0 fully saturated rings. The molecular weight excluding hydrogens is 225 g/mol. The third kappa shape index (κ3) is 2.63. The Morgan fingerprint density at radius 2 is 2.38 bits per heavy atom. The first-order valence-electron chi connectivity index (χ1n) is 4.87. The van der Waals surface area contributed by atoms with Crippen molar-refractivity contribution in [1.29, 1.82) is 0 Å². The van der Waals surface area contributed by atoms with Crippen molar-refractivity contribution >= 4 is 11.3 Å². The normalized spacial score (nSPS) is 12.6. The van der Waals surface area contributed by atoms with Gasteiger partial charge in [-0.05, 0) is 40.4 Å². The number of nitrogens with two attached hydrogens (primary N) is 1. The van der Waals surface area contributed by atoms with Gasteiger partial charge in [-0.2, -0.15) is 11.3 Å². The summed E-state index contributed by atoms with van der Waals surface area (Å²) in [6.45, 7) is 0. The molecule has 3 N–H and O–H groups in total. The highest BCUT2D eigenvalue weighted by molar-refractivity contribution is 7.07. The second-order valence-corrected chi connectivity index (χ2v) is 4.27. The van der Waals surface area contributed by atoms with E-state index in [4.69, 9.17) is 5.84 Å². The Labute approximate surface area is 97.1 Å². The summed E-state index contributed by atoms with van der Waals surface area (Å²) >= 11 is 1.63. The van der Waals surface area contributed by atoms with E-state index in [1.165, 1.54) is 17.8 Å². The summed E-state index contributed by atoms with van der Waals surface area (Å²) < 4.78 is 13.0. The Morgan fingerprint density at radius 1 is 1.50 bits per heavy atom. The van der Waals surface area contributed by atoms with Crippen molar-refractivity contribution in [3.05, 3.63) is 52.2 Å². The van der Waals surface area contributed by atoms with Crippen LogP contribution in [0, 0.1) is 5.82 Å². The van der Waals surface area contributed by atoms with Crippen LogP contribution < -0.4 is 11.3 Å². The number of pyridine rings is 1. The Hall–Kier alpha value is -1.30. The van der Waals surface area contributed by atoms with E-state index >= 15 is 0 Å². The molecule has 1 atom stereocenters. The quantitative estimate of drug-likeness (QED) is 0.632. The summed E-state index contributed by atoms with van der Waals surface area (Å²) in [7, 11) is 0. The molecule has 1 unspecified atom stereocenters. The Kier molecular flexibility index (Phi) is 3.61. The maximum absolute atomic E-state index is 13.0. The largest absolute Gasteiger partial charge is 0.271 e. The van der Waals surface area contributed by atoms with Gasteiger partial charge in [0.1, 0.15) is 5.82 Å². The van der Waals surface area contributed by atoms with Crippen LogP contribution in [0.1, 0.15) is 17.2 Å². The highest BCUT2D eigenvalue weighted by atomic mass is 32.1. The summed E-state index contributed by atoms with van der Waals surface area (Å²) in [5.41, 5.74) is 4.62. The first-order valence-corrected chi connectivity index (χ1v) is 5.81. The number of hydrogen-bond acceptors (Lipinski definition) is 4. The van der Waals surface area contributed by atoms with Crippen LogP contribution in [0.15, 0.2) is 35.3 Å². The van der Waals surface area contributed by atoms with Gasteiger partial charge in [-0.3, -0.25) is 16.3 Å². The lowest BCUT2D eigenvalue weighted by Gasteiger charge is -2.15. The zero-order valence-corrected chi connectivity index (χ0v) is 9.38. The number of halogens is 1. The van der Waals surface area contributed by atoms with E-state index in [1.807, 2.05) is 11.4 Å². The number of hydrazine groups is 1. The lowest BCUT2D eigenvalue weighted by Crippen LogP contribution is -2.29. The van der Waals surface area contributed by atoms with Crippen LogP contribution >= 0.6 is 11.3 Å². The number of aromatic nitrogens is 1. The number of hydrogen-bond donors (Lipinski definition) is 2. The van der Waals surface area contributed by atoms with E-state index in [0.29, 0.717) is 0 Å². The summed E-state index contributed by atoms with van der Waals surface area (Å²) in [4.78, 5) is 3.81. The van der Waals surface area contributed by atoms with E-state index in [1.54, 1.807) is 17.5 Å². The van der Waals surface area contributed by atoms with Crippen LogP contribution in [0.2, 0.25) is 0 Å². The van der Waals surface area contributed by atoms with Crippen molar-refractivity contribution < 1.29 is 4.39 Å². The molecule has 84 valence electrons. The average molecular weight is 237 g/mol. The molecule has 0 saturated heterocycles. The van der Waals surface area contributed by atoms with Gasteiger partial charge >= 0.3 is 0 Å². The molecule has 0 amide bonds. The summed E-state index contributed by atoms with van der Waals surface area (Å²) in [5.74, 6) is 5.13. The predicted molar refractivity (Wildman–Crippen MR) is 62.3 cm³/mol. The molecule has 3 nitrogen and oxygen atoms in total. The van der Waals surface area contributed by atoms with Crippen molar-refractivity contribution in [3.63, 3.8) is 0 Å². The maximum Gasteiger partial charge on any atom is 0.141 e. The van der Waals surface area contributed by atoms with E-state index in [2.05, 4.69) is 15.8 Å². The molecule has 2 aromatic heterocycles. The Bertz CT molecular complexity index is 444. The Morgan fingerprint density at radius 3 is 3.00 bits per heavy atom. The molecule has 0 aromatic carbocycles. The van der Waals surface area contributed by atoms with Gasteiger partial charge in [-0.15, -0.1) is 0 Å². The van der Waals surface area contributed by atoms with Crippen LogP contribution in [0.4, 0.5) is 4.39 Å². The van der Waals surface area contributed by atoms with Crippen molar-refractivity contribution in [2.75, 3.05) is 0 Å². The fraction of sp³-hybridized carbons (Fsp3) is 0.182. The minimum Gasteiger partial charge on any atom is -0.271 e. The molecule has 0 bridgehead atoms. The number of nitrogens with zero attached hydrogens (tertiary/aromatic N) is 1. The first kappa shape index (κ1) is 11.2. The van der Waals surface area contributed by atoms with Gasteiger partial charge in [-0.25, -0.2) is 4.39 Å². The number of rotatable bonds is 4. The summed E-state index contributed by atoms with van der Waals surface area (Å²) in [5, 5.41) is 4.06. The zero-order valence-electron chi connectivity index (χ0n) is 8.56. The highest BCUT2D eigenvalue weighted by Gasteiger charge is 2.11. The Balaban J connectivity index is 2.16. The van der Waals surface area contributed by atoms with Crippen LogP contribution in [0.25, 0.3) is 0 Å². The minimum atomic E-state index is -0.344. The van der Waals surface area contributed by atoms with E-state index in [9.17, 15) is 4.39 Å². The monoisotopic (exact) mass is 237 g/mol. The maximum atomic E-state index is 13.0. The summed E-state index contributed by atoms with van der Waals surface area (Å²) in [6.07, 6.45) is 3.53. The molecule has 5 heteroatoms. The van der Waals surface area contributed by atoms with Gasteiger partial charge in [0.15, 0.2) is 0 Å². The van der Waals surface area contributed by atoms with Crippen molar-refractivity contribution in [1.82, 2.24) is 10.4 Å². The smallest absolute Gasteiger partial charge is 0.141 e. The van der Waals surface area contributed by atoms with Gasteiger partial charge in [-0.1, -0.05) is 0 Å². The van der Waals surface area contributed by atoms with E-state index < -0.39 is 0 Å². The van der Waals surface area contributed by atoms with Crippen LogP contribution in [-0.2, 0) is 6.42 Å². The third-order valence-electron chi connectivity index (χ3n) is 2.35. The molecule has 16 heavy (non-hydrogen) atoms. The fourth-order valence-corrected chi connectivity index (χ4v) is 2.22. The topological polar surface area (TPSA) is 50.9 Å². The highest BCUT2D eigenvalue weighted by Crippen LogP contribution is 2.19. The predicted octanol–water partition coefficient (Wildman–Crippen LogP) is 2.03. The van der Waals surface area contributed by atoms with Gasteiger partial charge in [0.25, 0.3) is 0 Å². The molecule has 2 rings (SSSR count). The fourth-order valence-electron chi connectivity index (χ4n) is 1.54. The molecule has 0 saturated carbocycles. The van der Waals surface area contributed by atoms with E-state index in [0.717, 1.165) is 12.0 Å². The van der Waals surface area contributed by atoms with Crippen LogP contribution in [0.5, 0.6) is 0 Å². The van der Waals surface area contributed by atoms with Crippen molar-refractivity contribution in [2.24, 2.45) is 5.84 Å². The molecule has 2 aromatic rings. The zero-order chi connectivity index (χ0) is 11.4.